The molecular formula is C18H20N4O2. The van der Waals surface area contributed by atoms with Crippen LogP contribution < -0.4 is 4.74 Å². The minimum absolute atomic E-state index is 0.0118. The molecule has 0 fully saturated rings. The first-order chi connectivity index (χ1) is 11.4. The van der Waals surface area contributed by atoms with Gasteiger partial charge in [0.15, 0.2) is 11.4 Å². The minimum atomic E-state index is -0.0118. The molecular weight excluding hydrogens is 304 g/mol. The van der Waals surface area contributed by atoms with E-state index >= 15 is 0 Å². The molecule has 124 valence electrons. The summed E-state index contributed by atoms with van der Waals surface area (Å²) in [7, 11) is 1.59. The van der Waals surface area contributed by atoms with Gasteiger partial charge in [-0.05, 0) is 25.8 Å². The van der Waals surface area contributed by atoms with Crippen LogP contribution in [0.15, 0.2) is 24.4 Å². The number of aryl methyl sites for hydroxylation is 1. The number of hydrogen-bond acceptors (Lipinski definition) is 5. The molecule has 0 radical (unpaired) electrons. The highest BCUT2D eigenvalue weighted by atomic mass is 16.5. The van der Waals surface area contributed by atoms with Gasteiger partial charge in [-0.2, -0.15) is 5.10 Å². The van der Waals surface area contributed by atoms with Gasteiger partial charge in [0.05, 0.1) is 35.3 Å². The molecule has 24 heavy (non-hydrogen) atoms. The van der Waals surface area contributed by atoms with Crippen molar-refractivity contribution in [3.05, 3.63) is 41.3 Å². The quantitative estimate of drug-likeness (QED) is 0.688. The van der Waals surface area contributed by atoms with Crippen molar-refractivity contribution >= 4 is 11.4 Å². The maximum absolute atomic E-state index is 11.9. The van der Waals surface area contributed by atoms with Gasteiger partial charge in [0.25, 0.3) is 0 Å². The van der Waals surface area contributed by atoms with Gasteiger partial charge in [-0.1, -0.05) is 19.9 Å². The summed E-state index contributed by atoms with van der Waals surface area (Å²) in [6.07, 6.45) is 1.64. The summed E-state index contributed by atoms with van der Waals surface area (Å²) < 4.78 is 6.99. The normalized spacial score (nSPS) is 11.2. The van der Waals surface area contributed by atoms with Crippen LogP contribution in [0, 0.1) is 6.92 Å². The number of aromatic nitrogens is 4. The molecule has 3 heterocycles. The Labute approximate surface area is 140 Å². The van der Waals surface area contributed by atoms with Crippen LogP contribution in [0.4, 0.5) is 0 Å². The average Bonchev–Trinajstić information content (AvgIpc) is 2.89. The lowest BCUT2D eigenvalue weighted by Gasteiger charge is -2.12. The molecule has 0 aliphatic heterocycles. The summed E-state index contributed by atoms with van der Waals surface area (Å²) in [5, 5.41) is 4.63. The zero-order valence-corrected chi connectivity index (χ0v) is 14.5. The first-order valence-corrected chi connectivity index (χ1v) is 7.84. The molecule has 0 bridgehead atoms. The highest BCUT2D eigenvalue weighted by Crippen LogP contribution is 2.30. The van der Waals surface area contributed by atoms with E-state index in [9.17, 15) is 4.79 Å². The molecule has 6 nitrogen and oxygen atoms in total. The van der Waals surface area contributed by atoms with E-state index in [1.165, 1.54) is 0 Å². The molecule has 0 aliphatic rings. The van der Waals surface area contributed by atoms with Crippen molar-refractivity contribution < 1.29 is 9.53 Å². The van der Waals surface area contributed by atoms with Crippen LogP contribution in [-0.4, -0.2) is 32.5 Å². The van der Waals surface area contributed by atoms with Crippen LogP contribution in [0.25, 0.3) is 16.9 Å². The van der Waals surface area contributed by atoms with Crippen LogP contribution in [-0.2, 0) is 0 Å². The Balaban J connectivity index is 2.33. The van der Waals surface area contributed by atoms with Gasteiger partial charge in [0, 0.05) is 12.3 Å². The minimum Gasteiger partial charge on any atom is -0.481 e. The molecule has 0 saturated carbocycles. The number of rotatable bonds is 4. The third-order valence-corrected chi connectivity index (χ3v) is 3.97. The van der Waals surface area contributed by atoms with E-state index in [0.717, 1.165) is 22.6 Å². The van der Waals surface area contributed by atoms with E-state index in [-0.39, 0.29) is 11.7 Å². The molecule has 0 spiro atoms. The molecule has 0 saturated heterocycles. The van der Waals surface area contributed by atoms with Crippen molar-refractivity contribution in [2.45, 2.75) is 33.6 Å². The Bertz CT molecular complexity index is 928. The van der Waals surface area contributed by atoms with Gasteiger partial charge in [-0.3, -0.25) is 4.79 Å². The van der Waals surface area contributed by atoms with Gasteiger partial charge in [0.1, 0.15) is 0 Å². The molecule has 6 heteroatoms. The van der Waals surface area contributed by atoms with Gasteiger partial charge in [-0.25, -0.2) is 14.5 Å². The first kappa shape index (κ1) is 16.1. The zero-order chi connectivity index (χ0) is 17.4. The van der Waals surface area contributed by atoms with E-state index in [1.54, 1.807) is 30.8 Å². The number of carbonyl (C=O) groups is 1. The summed E-state index contributed by atoms with van der Waals surface area (Å²) in [6.45, 7) is 7.56. The number of nitrogens with zero attached hydrogens (tertiary/aromatic N) is 4. The SMILES string of the molecule is COc1cccc(-c2c(C)nn3c(C(C)C)c(C(C)=O)cnc23)n1. The summed E-state index contributed by atoms with van der Waals surface area (Å²) in [5.74, 6) is 0.665. The number of ketones is 1. The molecule has 3 aromatic rings. The predicted molar refractivity (Wildman–Crippen MR) is 91.6 cm³/mol. The van der Waals surface area contributed by atoms with Gasteiger partial charge < -0.3 is 4.74 Å². The van der Waals surface area contributed by atoms with Crippen LogP contribution in [0.2, 0.25) is 0 Å². The van der Waals surface area contributed by atoms with Crippen LogP contribution in [0.1, 0.15) is 48.4 Å². The Kier molecular flexibility index (Phi) is 4.05. The second-order valence-electron chi connectivity index (χ2n) is 6.03. The lowest BCUT2D eigenvalue weighted by molar-refractivity contribution is 0.101. The summed E-state index contributed by atoms with van der Waals surface area (Å²) >= 11 is 0. The highest BCUT2D eigenvalue weighted by Gasteiger charge is 2.21. The van der Waals surface area contributed by atoms with Crippen molar-refractivity contribution in [1.82, 2.24) is 19.6 Å². The monoisotopic (exact) mass is 324 g/mol. The van der Waals surface area contributed by atoms with Crippen molar-refractivity contribution in [3.63, 3.8) is 0 Å². The average molecular weight is 324 g/mol. The smallest absolute Gasteiger partial charge is 0.213 e. The topological polar surface area (TPSA) is 69.4 Å². The van der Waals surface area contributed by atoms with Crippen LogP contribution in [0.3, 0.4) is 0 Å². The largest absolute Gasteiger partial charge is 0.481 e. The molecule has 0 atom stereocenters. The van der Waals surface area contributed by atoms with Crippen LogP contribution in [0.5, 0.6) is 5.88 Å². The van der Waals surface area contributed by atoms with Crippen molar-refractivity contribution in [1.29, 1.82) is 0 Å². The predicted octanol–water partition coefficient (Wildman–Crippen LogP) is 3.43. The van der Waals surface area contributed by atoms with Gasteiger partial charge in [-0.15, -0.1) is 0 Å². The van der Waals surface area contributed by atoms with Crippen molar-refractivity contribution in [2.75, 3.05) is 7.11 Å². The standard InChI is InChI=1S/C18H20N4O2/c1-10(2)17-13(12(4)23)9-19-18-16(11(3)21-22(17)18)14-7-6-8-15(20-14)24-5/h6-10H,1-5H3. The molecule has 3 aromatic heterocycles. The van der Waals surface area contributed by atoms with Crippen molar-refractivity contribution in [2.24, 2.45) is 0 Å². The summed E-state index contributed by atoms with van der Waals surface area (Å²) in [6, 6.07) is 5.59. The molecule has 0 amide bonds. The second kappa shape index (κ2) is 6.03. The maximum atomic E-state index is 11.9. The van der Waals surface area contributed by atoms with E-state index < -0.39 is 0 Å². The third-order valence-electron chi connectivity index (χ3n) is 3.97. The number of fused-ring (bicyclic) bond motifs is 1. The Hall–Kier alpha value is -2.76. The number of ether oxygens (including phenoxy) is 1. The lowest BCUT2D eigenvalue weighted by atomic mass is 10.0. The summed E-state index contributed by atoms with van der Waals surface area (Å²) in [4.78, 5) is 20.9. The molecule has 3 rings (SSSR count). The molecule has 0 N–H and O–H groups in total. The number of hydrogen-bond donors (Lipinski definition) is 0. The second-order valence-corrected chi connectivity index (χ2v) is 6.03. The zero-order valence-electron chi connectivity index (χ0n) is 14.5. The Morgan fingerprint density at radius 1 is 1.29 bits per heavy atom. The molecule has 0 aliphatic carbocycles. The number of carbonyl (C=O) groups excluding carboxylic acids is 1. The van der Waals surface area contributed by atoms with Crippen molar-refractivity contribution in [3.8, 4) is 17.1 Å². The van der Waals surface area contributed by atoms with Gasteiger partial charge in [0.2, 0.25) is 5.88 Å². The maximum Gasteiger partial charge on any atom is 0.213 e. The number of Topliss-reactive ketones (excluding diaryl/α,β-unsaturated/α-hetero) is 1. The van der Waals surface area contributed by atoms with E-state index in [4.69, 9.17) is 4.74 Å². The Morgan fingerprint density at radius 2 is 2.04 bits per heavy atom. The number of methoxy groups -OCH3 is 1. The fourth-order valence-electron chi connectivity index (χ4n) is 2.90. The molecule has 0 aromatic carbocycles. The molecule has 0 unspecified atom stereocenters. The van der Waals surface area contributed by atoms with Crippen LogP contribution >= 0.6 is 0 Å². The van der Waals surface area contributed by atoms with E-state index in [1.807, 2.05) is 32.9 Å². The van der Waals surface area contributed by atoms with E-state index in [2.05, 4.69) is 15.1 Å². The third kappa shape index (κ3) is 2.54. The highest BCUT2D eigenvalue weighted by molar-refractivity contribution is 5.95. The van der Waals surface area contributed by atoms with Gasteiger partial charge >= 0.3 is 0 Å². The van der Waals surface area contributed by atoms with E-state index in [0.29, 0.717) is 17.1 Å². The number of pyridine rings is 1. The summed E-state index contributed by atoms with van der Waals surface area (Å²) in [5.41, 5.74) is 4.58. The first-order valence-electron chi connectivity index (χ1n) is 7.84. The fourth-order valence-corrected chi connectivity index (χ4v) is 2.90. The fraction of sp³-hybridized carbons (Fsp3) is 0.333. The Morgan fingerprint density at radius 3 is 2.67 bits per heavy atom. The lowest BCUT2D eigenvalue weighted by Crippen LogP contribution is -2.10.